The summed E-state index contributed by atoms with van der Waals surface area (Å²) in [5, 5.41) is 10.8. The highest BCUT2D eigenvalue weighted by Crippen LogP contribution is 2.19. The zero-order valence-electron chi connectivity index (χ0n) is 17.5. The first kappa shape index (κ1) is 20.4. The van der Waals surface area contributed by atoms with Gasteiger partial charge in [-0.15, -0.1) is 0 Å². The fraction of sp³-hybridized carbons (Fsp3) is 0.773. The lowest BCUT2D eigenvalue weighted by atomic mass is 9.97. The average molecular weight is 402 g/mol. The van der Waals surface area contributed by atoms with E-state index in [1.54, 1.807) is 10.7 Å². The summed E-state index contributed by atoms with van der Waals surface area (Å²) in [5.74, 6) is 0. The van der Waals surface area contributed by atoms with Gasteiger partial charge in [0.1, 0.15) is 0 Å². The Hall–Kier alpha value is -1.89. The first-order chi connectivity index (χ1) is 14.2. The number of aromatic nitrogens is 2. The molecule has 29 heavy (non-hydrogen) atoms. The monoisotopic (exact) mass is 401 g/mol. The predicted molar refractivity (Wildman–Crippen MR) is 113 cm³/mol. The Balaban J connectivity index is 1.30. The molecule has 2 amide bonds. The third-order valence-corrected chi connectivity index (χ3v) is 6.81. The van der Waals surface area contributed by atoms with Crippen LogP contribution in [0.15, 0.2) is 10.9 Å². The van der Waals surface area contributed by atoms with E-state index in [9.17, 15) is 9.59 Å². The van der Waals surface area contributed by atoms with Crippen molar-refractivity contribution in [3.8, 4) is 0 Å². The topological polar surface area (TPSA) is 79.3 Å². The van der Waals surface area contributed by atoms with Crippen LogP contribution in [-0.2, 0) is 19.4 Å². The highest BCUT2D eigenvalue weighted by Gasteiger charge is 2.24. The average Bonchev–Trinajstić information content (AvgIpc) is 3.24. The number of aryl methyl sites for hydroxylation is 2. The zero-order valence-corrected chi connectivity index (χ0v) is 17.5. The van der Waals surface area contributed by atoms with Gasteiger partial charge in [-0.2, -0.15) is 5.10 Å². The Morgan fingerprint density at radius 2 is 1.83 bits per heavy atom. The van der Waals surface area contributed by atoms with Crippen molar-refractivity contribution in [3.63, 3.8) is 0 Å². The second-order valence-corrected chi connectivity index (χ2v) is 8.91. The van der Waals surface area contributed by atoms with Gasteiger partial charge in [-0.1, -0.05) is 19.3 Å². The SMILES string of the molecule is O=C(NCC1CCCCN1CCn1nc2c(cc1=O)CCCC2)NC1CCCC1. The Morgan fingerprint density at radius 1 is 1.03 bits per heavy atom. The number of rotatable bonds is 6. The van der Waals surface area contributed by atoms with Gasteiger partial charge in [-0.05, 0) is 63.5 Å². The van der Waals surface area contributed by atoms with Crippen LogP contribution in [0.1, 0.15) is 69.0 Å². The van der Waals surface area contributed by atoms with Gasteiger partial charge in [0.25, 0.3) is 5.56 Å². The second-order valence-electron chi connectivity index (χ2n) is 8.91. The summed E-state index contributed by atoms with van der Waals surface area (Å²) in [4.78, 5) is 27.1. The van der Waals surface area contributed by atoms with Crippen molar-refractivity contribution >= 4 is 6.03 Å². The predicted octanol–water partition coefficient (Wildman–Crippen LogP) is 2.22. The number of urea groups is 1. The molecule has 0 spiro atoms. The minimum absolute atomic E-state index is 0.0216. The van der Waals surface area contributed by atoms with Crippen LogP contribution >= 0.6 is 0 Å². The second kappa shape index (κ2) is 9.74. The summed E-state index contributed by atoms with van der Waals surface area (Å²) in [6, 6.07) is 2.45. The van der Waals surface area contributed by atoms with E-state index in [2.05, 4.69) is 20.6 Å². The molecule has 160 valence electrons. The molecule has 2 N–H and O–H groups in total. The van der Waals surface area contributed by atoms with Gasteiger partial charge in [0.05, 0.1) is 12.2 Å². The minimum Gasteiger partial charge on any atom is -0.337 e. The first-order valence-corrected chi connectivity index (χ1v) is 11.6. The van der Waals surface area contributed by atoms with Crippen molar-refractivity contribution in [2.75, 3.05) is 19.6 Å². The minimum atomic E-state index is -0.0324. The van der Waals surface area contributed by atoms with Gasteiger partial charge in [0.2, 0.25) is 0 Å². The lowest BCUT2D eigenvalue weighted by Gasteiger charge is -2.36. The molecule has 7 heteroatoms. The lowest BCUT2D eigenvalue weighted by Crippen LogP contribution is -2.50. The molecule has 1 saturated carbocycles. The summed E-state index contributed by atoms with van der Waals surface area (Å²) in [6.07, 6.45) is 12.4. The smallest absolute Gasteiger partial charge is 0.315 e. The maximum Gasteiger partial charge on any atom is 0.315 e. The lowest BCUT2D eigenvalue weighted by molar-refractivity contribution is 0.138. The third-order valence-electron chi connectivity index (χ3n) is 6.81. The standard InChI is InChI=1S/C22H35N5O2/c28-21-15-17-7-1-4-11-20(17)25-27(21)14-13-26-12-6-5-10-19(26)16-23-22(29)24-18-8-2-3-9-18/h15,18-19H,1-14,16H2,(H2,23,24,29). The third kappa shape index (κ3) is 5.38. The first-order valence-electron chi connectivity index (χ1n) is 11.6. The van der Waals surface area contributed by atoms with Crippen LogP contribution in [0.25, 0.3) is 0 Å². The quantitative estimate of drug-likeness (QED) is 0.766. The fourth-order valence-corrected chi connectivity index (χ4v) is 5.09. The van der Waals surface area contributed by atoms with Crippen LogP contribution in [-0.4, -0.2) is 52.4 Å². The molecular weight excluding hydrogens is 366 g/mol. The molecule has 2 aliphatic carbocycles. The molecule has 1 unspecified atom stereocenters. The van der Waals surface area contributed by atoms with E-state index >= 15 is 0 Å². The molecule has 0 radical (unpaired) electrons. The van der Waals surface area contributed by atoms with Crippen LogP contribution in [0.3, 0.4) is 0 Å². The number of hydrogen-bond donors (Lipinski definition) is 2. The Morgan fingerprint density at radius 3 is 2.69 bits per heavy atom. The van der Waals surface area contributed by atoms with E-state index in [4.69, 9.17) is 0 Å². The maximum atomic E-state index is 12.4. The summed E-state index contributed by atoms with van der Waals surface area (Å²) in [7, 11) is 0. The van der Waals surface area contributed by atoms with Crippen molar-refractivity contribution in [2.45, 2.75) is 89.3 Å². The largest absolute Gasteiger partial charge is 0.337 e. The van der Waals surface area contributed by atoms with E-state index in [0.29, 0.717) is 25.2 Å². The molecule has 2 heterocycles. The number of piperidine rings is 1. The molecule has 1 atom stereocenters. The molecule has 1 saturated heterocycles. The number of nitrogens with one attached hydrogen (secondary N) is 2. The van der Waals surface area contributed by atoms with Crippen LogP contribution in [0.4, 0.5) is 4.79 Å². The molecule has 2 fully saturated rings. The highest BCUT2D eigenvalue weighted by molar-refractivity contribution is 5.74. The van der Waals surface area contributed by atoms with E-state index in [1.807, 2.05) is 0 Å². The molecule has 7 nitrogen and oxygen atoms in total. The van der Waals surface area contributed by atoms with E-state index < -0.39 is 0 Å². The van der Waals surface area contributed by atoms with Gasteiger partial charge in [-0.3, -0.25) is 9.69 Å². The van der Waals surface area contributed by atoms with Gasteiger partial charge in [-0.25, -0.2) is 9.48 Å². The van der Waals surface area contributed by atoms with Gasteiger partial charge in [0, 0.05) is 31.2 Å². The van der Waals surface area contributed by atoms with Crippen LogP contribution in [0.5, 0.6) is 0 Å². The summed E-state index contributed by atoms with van der Waals surface area (Å²) >= 11 is 0. The van der Waals surface area contributed by atoms with Crippen molar-refractivity contribution in [1.29, 1.82) is 0 Å². The van der Waals surface area contributed by atoms with Gasteiger partial charge < -0.3 is 10.6 Å². The zero-order chi connectivity index (χ0) is 20.1. The van der Waals surface area contributed by atoms with Gasteiger partial charge in [0.15, 0.2) is 0 Å². The highest BCUT2D eigenvalue weighted by atomic mass is 16.2. The van der Waals surface area contributed by atoms with E-state index in [-0.39, 0.29) is 11.6 Å². The summed E-state index contributed by atoms with van der Waals surface area (Å²) < 4.78 is 1.65. The number of carbonyl (C=O) groups excluding carboxylic acids is 1. The number of likely N-dealkylation sites (tertiary alicyclic amines) is 1. The number of amides is 2. The van der Waals surface area contributed by atoms with Crippen LogP contribution < -0.4 is 16.2 Å². The number of carbonyl (C=O) groups is 1. The number of hydrogen-bond acceptors (Lipinski definition) is 4. The summed E-state index contributed by atoms with van der Waals surface area (Å²) in [5.41, 5.74) is 2.27. The van der Waals surface area contributed by atoms with Crippen molar-refractivity contribution in [3.05, 3.63) is 27.7 Å². The van der Waals surface area contributed by atoms with Gasteiger partial charge >= 0.3 is 6.03 Å². The van der Waals surface area contributed by atoms with Crippen molar-refractivity contribution in [2.24, 2.45) is 0 Å². The molecule has 3 aliphatic rings. The Labute approximate surface area is 173 Å². The Kier molecular flexibility index (Phi) is 6.85. The maximum absolute atomic E-state index is 12.4. The molecule has 1 aromatic rings. The summed E-state index contributed by atoms with van der Waals surface area (Å²) in [6.45, 7) is 3.13. The molecule has 1 aromatic heterocycles. The van der Waals surface area contributed by atoms with Crippen LogP contribution in [0.2, 0.25) is 0 Å². The van der Waals surface area contributed by atoms with Crippen molar-refractivity contribution < 1.29 is 4.79 Å². The van der Waals surface area contributed by atoms with Crippen LogP contribution in [0, 0.1) is 0 Å². The number of nitrogens with zero attached hydrogens (tertiary/aromatic N) is 3. The molecule has 4 rings (SSSR count). The van der Waals surface area contributed by atoms with Crippen molar-refractivity contribution in [1.82, 2.24) is 25.3 Å². The Bertz CT molecular complexity index is 756. The normalized spacial score (nSPS) is 23.0. The molecule has 0 aromatic carbocycles. The number of fused-ring (bicyclic) bond motifs is 1. The molecular formula is C22H35N5O2. The van der Waals surface area contributed by atoms with E-state index in [1.165, 1.54) is 32.1 Å². The van der Waals surface area contributed by atoms with E-state index in [0.717, 1.165) is 62.9 Å². The fourth-order valence-electron chi connectivity index (χ4n) is 5.09. The molecule has 0 bridgehead atoms. The molecule has 1 aliphatic heterocycles.